The number of hydrogen-bond donors (Lipinski definition) is 1. The summed E-state index contributed by atoms with van der Waals surface area (Å²) in [6.45, 7) is 10.5. The summed E-state index contributed by atoms with van der Waals surface area (Å²) in [5.74, 6) is 0.338. The molecule has 3 heteroatoms. The van der Waals surface area contributed by atoms with Crippen LogP contribution >= 0.6 is 0 Å². The second-order valence-corrected chi connectivity index (χ2v) is 5.45. The van der Waals surface area contributed by atoms with Crippen LogP contribution in [0, 0.1) is 26.7 Å². The molecule has 0 saturated heterocycles. The fourth-order valence-electron chi connectivity index (χ4n) is 2.19. The van der Waals surface area contributed by atoms with Gasteiger partial charge in [-0.15, -0.1) is 0 Å². The van der Waals surface area contributed by atoms with E-state index in [4.69, 9.17) is 9.94 Å². The molecule has 0 aliphatic carbocycles. The molecule has 0 heterocycles. The molecule has 0 aliphatic heterocycles. The molecule has 3 nitrogen and oxygen atoms in total. The first-order valence-corrected chi connectivity index (χ1v) is 6.83. The number of oxime groups is 1. The summed E-state index contributed by atoms with van der Waals surface area (Å²) in [7, 11) is 0. The number of aliphatic hydroxyl groups excluding tert-OH is 1. The van der Waals surface area contributed by atoms with Gasteiger partial charge in [-0.05, 0) is 37.8 Å². The molecule has 1 aromatic carbocycles. The molecular weight excluding hydrogens is 238 g/mol. The van der Waals surface area contributed by atoms with Crippen molar-refractivity contribution in [3.05, 3.63) is 34.4 Å². The van der Waals surface area contributed by atoms with E-state index in [-0.39, 0.29) is 12.7 Å². The minimum atomic E-state index is -0.0349. The summed E-state index contributed by atoms with van der Waals surface area (Å²) in [5, 5.41) is 13.1. The smallest absolute Gasteiger partial charge is 0.132 e. The van der Waals surface area contributed by atoms with Crippen molar-refractivity contribution >= 4 is 6.21 Å². The molecule has 0 bridgehead atoms. The van der Waals surface area contributed by atoms with Gasteiger partial charge in [-0.3, -0.25) is 0 Å². The van der Waals surface area contributed by atoms with Crippen LogP contribution < -0.4 is 0 Å². The zero-order chi connectivity index (χ0) is 14.4. The van der Waals surface area contributed by atoms with Gasteiger partial charge in [-0.1, -0.05) is 36.7 Å². The molecule has 1 aromatic rings. The van der Waals surface area contributed by atoms with Gasteiger partial charge in [0.15, 0.2) is 0 Å². The molecule has 0 aliphatic rings. The predicted molar refractivity (Wildman–Crippen MR) is 79.7 cm³/mol. The molecular formula is C16H25NO2. The van der Waals surface area contributed by atoms with Gasteiger partial charge in [0.05, 0.1) is 6.21 Å². The van der Waals surface area contributed by atoms with E-state index in [0.717, 1.165) is 5.56 Å². The molecule has 1 N–H and O–H groups in total. The standard InChI is InChI=1S/C16H25NO2/c1-11(2)16(6-7-18)19-17-10-15-13(4)8-12(3)9-14(15)5/h8-11,16,18H,6-7H2,1-5H3/b17-10+/t16-/m1/s1. The minimum absolute atomic E-state index is 0.0349. The highest BCUT2D eigenvalue weighted by Crippen LogP contribution is 2.15. The van der Waals surface area contributed by atoms with E-state index < -0.39 is 0 Å². The van der Waals surface area contributed by atoms with Gasteiger partial charge in [-0.2, -0.15) is 0 Å². The summed E-state index contributed by atoms with van der Waals surface area (Å²) < 4.78 is 0. The normalized spacial score (nSPS) is 13.2. The SMILES string of the molecule is Cc1cc(C)c(/C=N/O[C@H](CCO)C(C)C)c(C)c1. The van der Waals surface area contributed by atoms with Gasteiger partial charge >= 0.3 is 0 Å². The van der Waals surface area contributed by atoms with Crippen molar-refractivity contribution < 1.29 is 9.94 Å². The molecule has 1 rings (SSSR count). The largest absolute Gasteiger partial charge is 0.396 e. The van der Waals surface area contributed by atoms with Crippen molar-refractivity contribution in [3.63, 3.8) is 0 Å². The summed E-state index contributed by atoms with van der Waals surface area (Å²) in [6.07, 6.45) is 2.35. The van der Waals surface area contributed by atoms with Gasteiger partial charge in [0.1, 0.15) is 6.10 Å². The lowest BCUT2D eigenvalue weighted by atomic mass is 10.0. The van der Waals surface area contributed by atoms with Crippen LogP contribution in [0.3, 0.4) is 0 Å². The maximum absolute atomic E-state index is 8.99. The van der Waals surface area contributed by atoms with Crippen LogP contribution in [0.1, 0.15) is 42.5 Å². The lowest BCUT2D eigenvalue weighted by Crippen LogP contribution is -2.19. The summed E-state index contributed by atoms with van der Waals surface area (Å²) in [6, 6.07) is 4.28. The van der Waals surface area contributed by atoms with Crippen molar-refractivity contribution in [2.75, 3.05) is 6.61 Å². The molecule has 19 heavy (non-hydrogen) atoms. The molecule has 0 spiro atoms. The maximum atomic E-state index is 8.99. The average molecular weight is 263 g/mol. The van der Waals surface area contributed by atoms with Crippen LogP contribution in [0.4, 0.5) is 0 Å². The monoisotopic (exact) mass is 263 g/mol. The van der Waals surface area contributed by atoms with E-state index in [2.05, 4.69) is 51.9 Å². The highest BCUT2D eigenvalue weighted by Gasteiger charge is 2.13. The van der Waals surface area contributed by atoms with E-state index in [1.165, 1.54) is 16.7 Å². The first-order chi connectivity index (χ1) is 8.95. The molecule has 0 fully saturated rings. The zero-order valence-electron chi connectivity index (χ0n) is 12.6. The first kappa shape index (κ1) is 15.7. The Morgan fingerprint density at radius 2 is 1.79 bits per heavy atom. The van der Waals surface area contributed by atoms with Crippen LogP contribution in [-0.2, 0) is 4.84 Å². The topological polar surface area (TPSA) is 41.8 Å². The Hall–Kier alpha value is -1.35. The zero-order valence-corrected chi connectivity index (χ0v) is 12.6. The van der Waals surface area contributed by atoms with Gasteiger partial charge in [-0.25, -0.2) is 0 Å². The molecule has 0 radical (unpaired) electrons. The fourth-order valence-corrected chi connectivity index (χ4v) is 2.19. The fraction of sp³-hybridized carbons (Fsp3) is 0.562. The molecule has 0 saturated carbocycles. The van der Waals surface area contributed by atoms with Crippen LogP contribution in [0.2, 0.25) is 0 Å². The van der Waals surface area contributed by atoms with Crippen LogP contribution in [0.25, 0.3) is 0 Å². The van der Waals surface area contributed by atoms with Crippen molar-refractivity contribution in [1.82, 2.24) is 0 Å². The summed E-state index contributed by atoms with van der Waals surface area (Å²) in [4.78, 5) is 5.50. The van der Waals surface area contributed by atoms with E-state index in [1.54, 1.807) is 6.21 Å². The average Bonchev–Trinajstić information content (AvgIpc) is 2.30. The van der Waals surface area contributed by atoms with Gasteiger partial charge in [0, 0.05) is 18.6 Å². The van der Waals surface area contributed by atoms with Crippen molar-refractivity contribution in [3.8, 4) is 0 Å². The van der Waals surface area contributed by atoms with Gasteiger partial charge < -0.3 is 9.94 Å². The number of benzene rings is 1. The Labute approximate surface area is 116 Å². The number of rotatable bonds is 6. The van der Waals surface area contributed by atoms with E-state index in [0.29, 0.717) is 12.3 Å². The van der Waals surface area contributed by atoms with Crippen LogP contribution in [0.5, 0.6) is 0 Å². The quantitative estimate of drug-likeness (QED) is 0.631. The summed E-state index contributed by atoms with van der Waals surface area (Å²) in [5.41, 5.74) is 4.77. The Kier molecular flexibility index (Phi) is 6.03. The molecule has 106 valence electrons. The third-order valence-electron chi connectivity index (χ3n) is 3.27. The Balaban J connectivity index is 2.76. The van der Waals surface area contributed by atoms with E-state index >= 15 is 0 Å². The molecule has 1 atom stereocenters. The van der Waals surface area contributed by atoms with E-state index in [1.807, 2.05) is 0 Å². The van der Waals surface area contributed by atoms with Crippen LogP contribution in [0.15, 0.2) is 17.3 Å². The molecule has 0 amide bonds. The lowest BCUT2D eigenvalue weighted by Gasteiger charge is -2.17. The minimum Gasteiger partial charge on any atom is -0.396 e. The number of aliphatic hydroxyl groups is 1. The molecule has 0 aromatic heterocycles. The lowest BCUT2D eigenvalue weighted by molar-refractivity contribution is 0.0112. The number of aryl methyl sites for hydroxylation is 3. The molecule has 0 unspecified atom stereocenters. The number of nitrogens with zero attached hydrogens (tertiary/aromatic N) is 1. The third-order valence-corrected chi connectivity index (χ3v) is 3.27. The highest BCUT2D eigenvalue weighted by atomic mass is 16.6. The summed E-state index contributed by atoms with van der Waals surface area (Å²) >= 11 is 0. The Bertz CT molecular complexity index is 415. The van der Waals surface area contributed by atoms with Gasteiger partial charge in [0.2, 0.25) is 0 Å². The third kappa shape index (κ3) is 4.67. The van der Waals surface area contributed by atoms with Gasteiger partial charge in [0.25, 0.3) is 0 Å². The van der Waals surface area contributed by atoms with Crippen molar-refractivity contribution in [2.45, 2.75) is 47.1 Å². The van der Waals surface area contributed by atoms with Crippen molar-refractivity contribution in [1.29, 1.82) is 0 Å². The van der Waals surface area contributed by atoms with E-state index in [9.17, 15) is 0 Å². The Morgan fingerprint density at radius 1 is 1.21 bits per heavy atom. The second kappa shape index (κ2) is 7.29. The number of hydrogen-bond acceptors (Lipinski definition) is 3. The first-order valence-electron chi connectivity index (χ1n) is 6.83. The second-order valence-electron chi connectivity index (χ2n) is 5.45. The maximum Gasteiger partial charge on any atom is 0.132 e. The van der Waals surface area contributed by atoms with Crippen LogP contribution in [-0.4, -0.2) is 24.0 Å². The van der Waals surface area contributed by atoms with Crippen molar-refractivity contribution in [2.24, 2.45) is 11.1 Å². The Morgan fingerprint density at radius 3 is 2.26 bits per heavy atom. The predicted octanol–water partition coefficient (Wildman–Crippen LogP) is 3.37. The highest BCUT2D eigenvalue weighted by molar-refractivity contribution is 5.83.